The second kappa shape index (κ2) is 4.75. The van der Waals surface area contributed by atoms with Crippen LogP contribution < -0.4 is 5.73 Å². The van der Waals surface area contributed by atoms with Gasteiger partial charge >= 0.3 is 0 Å². The Bertz CT molecular complexity index is 764. The largest absolute Gasteiger partial charge is 0.383 e. The van der Waals surface area contributed by atoms with E-state index in [4.69, 9.17) is 17.3 Å². The molecule has 0 aliphatic rings. The Labute approximate surface area is 117 Å². The number of halogens is 3. The lowest BCUT2D eigenvalue weighted by Gasteiger charge is -2.02. The zero-order chi connectivity index (χ0) is 14.3. The quantitative estimate of drug-likeness (QED) is 0.780. The van der Waals surface area contributed by atoms with E-state index in [-0.39, 0.29) is 23.4 Å². The molecule has 0 aliphatic heterocycles. The van der Waals surface area contributed by atoms with Gasteiger partial charge in [-0.3, -0.25) is 5.10 Å². The van der Waals surface area contributed by atoms with Crippen LogP contribution in [0.3, 0.4) is 0 Å². The molecular formula is C12H10ClF2N5. The number of hydrogen-bond acceptors (Lipinski definition) is 3. The number of H-pyrrole nitrogens is 1. The van der Waals surface area contributed by atoms with E-state index in [1.807, 2.05) is 6.07 Å². The Morgan fingerprint density at radius 3 is 2.90 bits per heavy atom. The van der Waals surface area contributed by atoms with Crippen LogP contribution in [0.4, 0.5) is 14.6 Å². The molecule has 0 aliphatic carbocycles. The normalized spacial score (nSPS) is 11.6. The molecular weight excluding hydrogens is 288 g/mol. The summed E-state index contributed by atoms with van der Waals surface area (Å²) in [6.45, 7) is 0.286. The van der Waals surface area contributed by atoms with Crippen molar-refractivity contribution >= 4 is 28.5 Å². The summed E-state index contributed by atoms with van der Waals surface area (Å²) in [5.74, 6) is 0.0904. The fourth-order valence-electron chi connectivity index (χ4n) is 2.08. The molecule has 3 aromatic rings. The Morgan fingerprint density at radius 2 is 2.20 bits per heavy atom. The van der Waals surface area contributed by atoms with Crippen molar-refractivity contribution in [2.24, 2.45) is 0 Å². The summed E-state index contributed by atoms with van der Waals surface area (Å²) in [4.78, 5) is 0. The van der Waals surface area contributed by atoms with E-state index in [2.05, 4.69) is 15.3 Å². The maximum Gasteiger partial charge on any atom is 0.282 e. The van der Waals surface area contributed by atoms with Crippen LogP contribution in [0.1, 0.15) is 17.7 Å². The van der Waals surface area contributed by atoms with Gasteiger partial charge in [-0.05, 0) is 17.7 Å². The van der Waals surface area contributed by atoms with Crippen molar-refractivity contribution in [3.8, 4) is 0 Å². The number of rotatable bonds is 3. The van der Waals surface area contributed by atoms with E-state index < -0.39 is 6.43 Å². The van der Waals surface area contributed by atoms with Crippen LogP contribution in [0.5, 0.6) is 0 Å². The molecule has 0 saturated heterocycles. The number of nitrogen functional groups attached to an aromatic ring is 1. The third-order valence-corrected chi connectivity index (χ3v) is 3.17. The van der Waals surface area contributed by atoms with Gasteiger partial charge in [0, 0.05) is 5.02 Å². The first-order valence-corrected chi connectivity index (χ1v) is 6.17. The molecule has 2 heterocycles. The van der Waals surface area contributed by atoms with E-state index in [0.717, 1.165) is 5.56 Å². The first-order valence-electron chi connectivity index (χ1n) is 5.79. The lowest BCUT2D eigenvalue weighted by molar-refractivity contribution is 0.146. The summed E-state index contributed by atoms with van der Waals surface area (Å²) in [6.07, 6.45) is -2.71. The number of nitrogens with two attached hydrogens (primary N) is 1. The average molecular weight is 298 g/mol. The molecule has 0 atom stereocenters. The van der Waals surface area contributed by atoms with Crippen LogP contribution in [0.2, 0.25) is 5.02 Å². The third-order valence-electron chi connectivity index (χ3n) is 2.93. The second-order valence-corrected chi connectivity index (χ2v) is 4.75. The minimum Gasteiger partial charge on any atom is -0.383 e. The van der Waals surface area contributed by atoms with Crippen molar-refractivity contribution in [3.05, 3.63) is 40.5 Å². The molecule has 5 nitrogen and oxygen atoms in total. The highest BCUT2D eigenvalue weighted by Gasteiger charge is 2.23. The predicted octanol–water partition coefficient (Wildman–Crippen LogP) is 2.98. The number of hydrogen-bond donors (Lipinski definition) is 2. The van der Waals surface area contributed by atoms with E-state index in [9.17, 15) is 8.78 Å². The van der Waals surface area contributed by atoms with Gasteiger partial charge in [-0.1, -0.05) is 23.7 Å². The Balaban J connectivity index is 2.08. The van der Waals surface area contributed by atoms with Crippen LogP contribution >= 0.6 is 11.6 Å². The van der Waals surface area contributed by atoms with Crippen LogP contribution in [-0.4, -0.2) is 20.0 Å². The molecule has 0 bridgehead atoms. The average Bonchev–Trinajstić information content (AvgIpc) is 2.92. The van der Waals surface area contributed by atoms with Gasteiger partial charge < -0.3 is 5.73 Å². The van der Waals surface area contributed by atoms with E-state index >= 15 is 0 Å². The number of benzene rings is 1. The minimum atomic E-state index is -2.71. The fourth-order valence-corrected chi connectivity index (χ4v) is 2.30. The molecule has 0 spiro atoms. The SMILES string of the molecule is Nc1[nH]nc2c1c(C(F)F)nn2Cc1cccc(Cl)c1. The fraction of sp³-hybridized carbons (Fsp3) is 0.167. The lowest BCUT2D eigenvalue weighted by Crippen LogP contribution is -2.03. The summed E-state index contributed by atoms with van der Waals surface area (Å²) < 4.78 is 27.3. The molecule has 3 N–H and O–H groups in total. The maximum atomic E-state index is 13.0. The number of nitrogens with one attached hydrogen (secondary N) is 1. The van der Waals surface area contributed by atoms with E-state index in [0.29, 0.717) is 10.7 Å². The molecule has 0 saturated carbocycles. The number of aromatic nitrogens is 4. The number of anilines is 1. The van der Waals surface area contributed by atoms with Crippen LogP contribution in [-0.2, 0) is 6.54 Å². The van der Waals surface area contributed by atoms with Crippen molar-refractivity contribution in [1.29, 1.82) is 0 Å². The van der Waals surface area contributed by atoms with Gasteiger partial charge in [-0.15, -0.1) is 0 Å². The number of aromatic amines is 1. The monoisotopic (exact) mass is 297 g/mol. The van der Waals surface area contributed by atoms with Gasteiger partial charge in [0.25, 0.3) is 6.43 Å². The molecule has 0 radical (unpaired) electrons. The van der Waals surface area contributed by atoms with Crippen molar-refractivity contribution in [2.75, 3.05) is 5.73 Å². The zero-order valence-corrected chi connectivity index (χ0v) is 10.9. The van der Waals surface area contributed by atoms with Gasteiger partial charge in [0.2, 0.25) is 0 Å². The van der Waals surface area contributed by atoms with Crippen molar-refractivity contribution in [3.63, 3.8) is 0 Å². The van der Waals surface area contributed by atoms with Gasteiger partial charge in [-0.25, -0.2) is 13.5 Å². The molecule has 1 aromatic carbocycles. The molecule has 8 heteroatoms. The predicted molar refractivity (Wildman–Crippen MR) is 71.8 cm³/mol. The first kappa shape index (κ1) is 12.9. The Hall–Kier alpha value is -2.15. The second-order valence-electron chi connectivity index (χ2n) is 4.31. The first-order chi connectivity index (χ1) is 9.56. The highest BCUT2D eigenvalue weighted by molar-refractivity contribution is 6.30. The number of nitrogens with zero attached hydrogens (tertiary/aromatic N) is 3. The van der Waals surface area contributed by atoms with Crippen LogP contribution in [0.15, 0.2) is 24.3 Å². The smallest absolute Gasteiger partial charge is 0.282 e. The topological polar surface area (TPSA) is 72.5 Å². The van der Waals surface area contributed by atoms with Gasteiger partial charge in [0.05, 0.1) is 11.9 Å². The summed E-state index contributed by atoms with van der Waals surface area (Å²) in [5, 5.41) is 11.1. The lowest BCUT2D eigenvalue weighted by atomic mass is 10.2. The van der Waals surface area contributed by atoms with Gasteiger partial charge in [-0.2, -0.15) is 10.2 Å². The molecule has 20 heavy (non-hydrogen) atoms. The highest BCUT2D eigenvalue weighted by atomic mass is 35.5. The molecule has 3 rings (SSSR count). The maximum absolute atomic E-state index is 13.0. The summed E-state index contributed by atoms with van der Waals surface area (Å²) in [5.41, 5.74) is 6.39. The molecule has 0 unspecified atom stereocenters. The Morgan fingerprint density at radius 1 is 1.40 bits per heavy atom. The summed E-state index contributed by atoms with van der Waals surface area (Å²) in [6, 6.07) is 7.09. The zero-order valence-electron chi connectivity index (χ0n) is 10.1. The standard InChI is InChI=1S/C12H10ClF2N5/c13-7-3-1-2-6(4-7)5-20-12-8(11(16)17-18-12)9(19-20)10(14)15/h1-4,10H,5H2,(H3,16,17,18). The molecule has 104 valence electrons. The number of fused-ring (bicyclic) bond motifs is 1. The van der Waals surface area contributed by atoms with Crippen molar-refractivity contribution in [2.45, 2.75) is 13.0 Å². The van der Waals surface area contributed by atoms with E-state index in [1.54, 1.807) is 18.2 Å². The molecule has 2 aromatic heterocycles. The van der Waals surface area contributed by atoms with E-state index in [1.165, 1.54) is 4.68 Å². The van der Waals surface area contributed by atoms with Gasteiger partial charge in [0.15, 0.2) is 5.65 Å². The molecule has 0 amide bonds. The summed E-state index contributed by atoms with van der Waals surface area (Å²) >= 11 is 5.90. The minimum absolute atomic E-state index is 0.0904. The van der Waals surface area contributed by atoms with Crippen molar-refractivity contribution in [1.82, 2.24) is 20.0 Å². The molecule has 0 fully saturated rings. The van der Waals surface area contributed by atoms with Crippen LogP contribution in [0, 0.1) is 0 Å². The van der Waals surface area contributed by atoms with Crippen molar-refractivity contribution < 1.29 is 8.78 Å². The van der Waals surface area contributed by atoms with Gasteiger partial charge in [0.1, 0.15) is 11.5 Å². The summed E-state index contributed by atoms with van der Waals surface area (Å²) in [7, 11) is 0. The third kappa shape index (κ3) is 2.09. The Kier molecular flexibility index (Phi) is 3.06. The number of alkyl halides is 2. The van der Waals surface area contributed by atoms with Crippen LogP contribution in [0.25, 0.3) is 11.0 Å². The highest BCUT2D eigenvalue weighted by Crippen LogP contribution is 2.30.